The molecule has 2 heteroatoms. The smallest absolute Gasteiger partial charge is 0.0331 e. The Labute approximate surface area is 120 Å². The Hall–Kier alpha value is -0.0800. The van der Waals surface area contributed by atoms with Crippen LogP contribution in [0.15, 0.2) is 0 Å². The molecule has 2 nitrogen and oxygen atoms in total. The minimum absolute atomic E-state index is 0.297. The van der Waals surface area contributed by atoms with Gasteiger partial charge in [-0.2, -0.15) is 0 Å². The first-order chi connectivity index (χ1) is 8.89. The normalized spacial score (nSPS) is 34.1. The molecule has 2 N–H and O–H groups in total. The highest BCUT2D eigenvalue weighted by Gasteiger charge is 2.41. The number of hydrogen-bond acceptors (Lipinski definition) is 2. The van der Waals surface area contributed by atoms with Crippen molar-refractivity contribution in [2.75, 3.05) is 13.6 Å². The van der Waals surface area contributed by atoms with E-state index in [1.807, 2.05) is 0 Å². The van der Waals surface area contributed by atoms with Crippen molar-refractivity contribution < 1.29 is 0 Å². The Kier molecular flexibility index (Phi) is 4.62. The Bertz CT molecular complexity index is 290. The molecule has 2 unspecified atom stereocenters. The molecule has 112 valence electrons. The van der Waals surface area contributed by atoms with E-state index in [2.05, 4.69) is 32.7 Å². The highest BCUT2D eigenvalue weighted by molar-refractivity contribution is 4.98. The van der Waals surface area contributed by atoms with E-state index in [0.717, 1.165) is 18.5 Å². The number of nitrogens with two attached hydrogens (primary N) is 1. The van der Waals surface area contributed by atoms with Crippen molar-refractivity contribution in [2.45, 2.75) is 83.7 Å². The molecule has 0 heterocycles. The standard InChI is InChI=1S/C17H34N2/c1-16(2,3)14-7-6-11-17(13-18,12-10-14)19(4)15-8-5-9-15/h14-15H,5-13,18H2,1-4H3. The van der Waals surface area contributed by atoms with Gasteiger partial charge in [0, 0.05) is 18.1 Å². The molecule has 0 spiro atoms. The van der Waals surface area contributed by atoms with Gasteiger partial charge in [0.1, 0.15) is 0 Å². The fourth-order valence-corrected chi connectivity index (χ4v) is 4.12. The van der Waals surface area contributed by atoms with Gasteiger partial charge in [-0.25, -0.2) is 0 Å². The van der Waals surface area contributed by atoms with Gasteiger partial charge in [-0.3, -0.25) is 4.90 Å². The molecule has 0 aromatic carbocycles. The summed E-state index contributed by atoms with van der Waals surface area (Å²) in [4.78, 5) is 2.67. The maximum atomic E-state index is 6.24. The molecule has 0 aromatic rings. The fraction of sp³-hybridized carbons (Fsp3) is 1.00. The summed E-state index contributed by atoms with van der Waals surface area (Å²) in [6.07, 6.45) is 10.9. The third-order valence-corrected chi connectivity index (χ3v) is 6.13. The van der Waals surface area contributed by atoms with Gasteiger partial charge in [0.25, 0.3) is 0 Å². The van der Waals surface area contributed by atoms with Crippen molar-refractivity contribution in [3.63, 3.8) is 0 Å². The van der Waals surface area contributed by atoms with E-state index in [0.29, 0.717) is 11.0 Å². The van der Waals surface area contributed by atoms with Gasteiger partial charge in [0.15, 0.2) is 0 Å². The van der Waals surface area contributed by atoms with Crippen molar-refractivity contribution >= 4 is 0 Å². The largest absolute Gasteiger partial charge is 0.329 e. The Morgan fingerprint density at radius 1 is 1.05 bits per heavy atom. The summed E-state index contributed by atoms with van der Waals surface area (Å²) in [5.74, 6) is 0.871. The summed E-state index contributed by atoms with van der Waals surface area (Å²) < 4.78 is 0. The summed E-state index contributed by atoms with van der Waals surface area (Å²) in [7, 11) is 2.34. The molecular formula is C17H34N2. The van der Waals surface area contributed by atoms with Gasteiger partial charge < -0.3 is 5.73 Å². The van der Waals surface area contributed by atoms with E-state index < -0.39 is 0 Å². The second-order valence-corrected chi connectivity index (χ2v) is 8.12. The third kappa shape index (κ3) is 3.16. The molecule has 0 aromatic heterocycles. The van der Waals surface area contributed by atoms with Gasteiger partial charge in [-0.15, -0.1) is 0 Å². The minimum atomic E-state index is 0.297. The first-order valence-corrected chi connectivity index (χ1v) is 8.32. The van der Waals surface area contributed by atoms with Gasteiger partial charge >= 0.3 is 0 Å². The second-order valence-electron chi connectivity index (χ2n) is 8.12. The number of likely N-dealkylation sites (N-methyl/N-ethyl adjacent to an activating group) is 1. The Morgan fingerprint density at radius 3 is 2.21 bits per heavy atom. The van der Waals surface area contributed by atoms with Crippen molar-refractivity contribution in [1.82, 2.24) is 4.90 Å². The lowest BCUT2D eigenvalue weighted by Gasteiger charge is -2.48. The zero-order valence-corrected chi connectivity index (χ0v) is 13.5. The SMILES string of the molecule is CN(C1CCC1)C1(CN)CCCC(C(C)(C)C)CC1. The van der Waals surface area contributed by atoms with Crippen LogP contribution in [0.3, 0.4) is 0 Å². The van der Waals surface area contributed by atoms with Gasteiger partial charge in [-0.05, 0) is 56.9 Å². The molecule has 2 rings (SSSR count). The molecular weight excluding hydrogens is 232 g/mol. The van der Waals surface area contributed by atoms with Crippen LogP contribution in [0.25, 0.3) is 0 Å². The summed E-state index contributed by atoms with van der Waals surface area (Å²) >= 11 is 0. The van der Waals surface area contributed by atoms with Crippen LogP contribution in [0.1, 0.15) is 72.1 Å². The van der Waals surface area contributed by atoms with E-state index in [1.165, 1.54) is 51.4 Å². The molecule has 2 aliphatic rings. The minimum Gasteiger partial charge on any atom is -0.329 e. The molecule has 2 aliphatic carbocycles. The topological polar surface area (TPSA) is 29.3 Å². The highest BCUT2D eigenvalue weighted by atomic mass is 15.2. The maximum Gasteiger partial charge on any atom is 0.0331 e. The van der Waals surface area contributed by atoms with Crippen LogP contribution in [-0.2, 0) is 0 Å². The summed E-state index contributed by atoms with van der Waals surface area (Å²) in [6.45, 7) is 8.06. The number of hydrogen-bond donors (Lipinski definition) is 1. The van der Waals surface area contributed by atoms with Crippen LogP contribution >= 0.6 is 0 Å². The van der Waals surface area contributed by atoms with Crippen molar-refractivity contribution in [3.8, 4) is 0 Å². The summed E-state index contributed by atoms with van der Waals surface area (Å²) in [5, 5.41) is 0. The van der Waals surface area contributed by atoms with Gasteiger partial charge in [0.2, 0.25) is 0 Å². The molecule has 19 heavy (non-hydrogen) atoms. The first-order valence-electron chi connectivity index (χ1n) is 8.32. The lowest BCUT2D eigenvalue weighted by atomic mass is 9.75. The molecule has 2 atom stereocenters. The van der Waals surface area contributed by atoms with E-state index in [-0.39, 0.29) is 0 Å². The van der Waals surface area contributed by atoms with E-state index in [9.17, 15) is 0 Å². The quantitative estimate of drug-likeness (QED) is 0.787. The van der Waals surface area contributed by atoms with E-state index in [4.69, 9.17) is 5.73 Å². The predicted molar refractivity (Wildman–Crippen MR) is 83.2 cm³/mol. The van der Waals surface area contributed by atoms with Crippen LogP contribution in [-0.4, -0.2) is 30.1 Å². The van der Waals surface area contributed by atoms with E-state index in [1.54, 1.807) is 0 Å². The second kappa shape index (κ2) is 5.73. The highest BCUT2D eigenvalue weighted by Crippen LogP contribution is 2.43. The molecule has 2 fully saturated rings. The Morgan fingerprint density at radius 2 is 1.74 bits per heavy atom. The predicted octanol–water partition coefficient (Wildman–Crippen LogP) is 3.79. The molecule has 0 bridgehead atoms. The molecule has 2 saturated carbocycles. The van der Waals surface area contributed by atoms with E-state index >= 15 is 0 Å². The number of nitrogens with zero attached hydrogens (tertiary/aromatic N) is 1. The zero-order chi connectivity index (χ0) is 14.1. The number of rotatable bonds is 3. The lowest BCUT2D eigenvalue weighted by Crippen LogP contribution is -2.57. The summed E-state index contributed by atoms with van der Waals surface area (Å²) in [5.41, 5.74) is 6.99. The molecule has 0 aliphatic heterocycles. The molecule has 0 radical (unpaired) electrons. The van der Waals surface area contributed by atoms with Crippen LogP contribution in [0.5, 0.6) is 0 Å². The van der Waals surface area contributed by atoms with Gasteiger partial charge in [0.05, 0.1) is 0 Å². The maximum absolute atomic E-state index is 6.24. The average Bonchev–Trinajstić information content (AvgIpc) is 2.48. The van der Waals surface area contributed by atoms with Crippen LogP contribution in [0, 0.1) is 11.3 Å². The Balaban J connectivity index is 2.05. The zero-order valence-electron chi connectivity index (χ0n) is 13.5. The van der Waals surface area contributed by atoms with Crippen molar-refractivity contribution in [1.29, 1.82) is 0 Å². The van der Waals surface area contributed by atoms with Crippen LogP contribution < -0.4 is 5.73 Å². The molecule has 0 saturated heterocycles. The first kappa shape index (κ1) is 15.3. The van der Waals surface area contributed by atoms with Crippen molar-refractivity contribution in [2.24, 2.45) is 17.1 Å². The van der Waals surface area contributed by atoms with Crippen LogP contribution in [0.2, 0.25) is 0 Å². The lowest BCUT2D eigenvalue weighted by molar-refractivity contribution is 0.0253. The van der Waals surface area contributed by atoms with Gasteiger partial charge in [-0.1, -0.05) is 33.6 Å². The monoisotopic (exact) mass is 266 g/mol. The fourth-order valence-electron chi connectivity index (χ4n) is 4.12. The molecule has 0 amide bonds. The third-order valence-electron chi connectivity index (χ3n) is 6.13. The van der Waals surface area contributed by atoms with Crippen molar-refractivity contribution in [3.05, 3.63) is 0 Å². The summed E-state index contributed by atoms with van der Waals surface area (Å²) in [6, 6.07) is 0.815. The average molecular weight is 266 g/mol. The van der Waals surface area contributed by atoms with Crippen LogP contribution in [0.4, 0.5) is 0 Å².